The topological polar surface area (TPSA) is 51.8 Å². The van der Waals surface area contributed by atoms with Crippen LogP contribution in [0.25, 0.3) is 0 Å². The van der Waals surface area contributed by atoms with Gasteiger partial charge in [-0.25, -0.2) is 18.7 Å². The Bertz CT molecular complexity index is 227. The molecule has 66 valence electrons. The van der Waals surface area contributed by atoms with Crippen LogP contribution in [-0.2, 0) is 0 Å². The first kappa shape index (κ1) is 8.99. The van der Waals surface area contributed by atoms with E-state index in [9.17, 15) is 8.78 Å². The number of hydrogen-bond acceptors (Lipinski definition) is 3. The van der Waals surface area contributed by atoms with Crippen LogP contribution < -0.4 is 5.73 Å². The van der Waals surface area contributed by atoms with Crippen LogP contribution in [-0.4, -0.2) is 22.9 Å². The molecular formula is C7H9F2N3. The average molecular weight is 173 g/mol. The zero-order chi connectivity index (χ0) is 8.97. The first-order valence-corrected chi connectivity index (χ1v) is 3.49. The summed E-state index contributed by atoms with van der Waals surface area (Å²) in [6, 6.07) is 0. The van der Waals surface area contributed by atoms with Gasteiger partial charge in [0.05, 0.1) is 5.92 Å². The van der Waals surface area contributed by atoms with Crippen LogP contribution in [0.5, 0.6) is 0 Å². The van der Waals surface area contributed by atoms with E-state index in [1.165, 1.54) is 18.7 Å². The van der Waals surface area contributed by atoms with Gasteiger partial charge in [-0.15, -0.1) is 0 Å². The number of nitrogens with two attached hydrogens (primary N) is 1. The molecule has 0 aromatic carbocycles. The molecule has 0 fully saturated rings. The van der Waals surface area contributed by atoms with E-state index in [1.807, 2.05) is 0 Å². The molecule has 0 spiro atoms. The van der Waals surface area contributed by atoms with Crippen molar-refractivity contribution >= 4 is 0 Å². The minimum absolute atomic E-state index is 0.0922. The van der Waals surface area contributed by atoms with E-state index in [4.69, 9.17) is 5.73 Å². The van der Waals surface area contributed by atoms with Crippen molar-refractivity contribution in [2.45, 2.75) is 12.3 Å². The Labute approximate surface area is 68.6 Å². The van der Waals surface area contributed by atoms with E-state index in [0.29, 0.717) is 5.56 Å². The molecule has 3 nitrogen and oxygen atoms in total. The van der Waals surface area contributed by atoms with Crippen molar-refractivity contribution in [3.63, 3.8) is 0 Å². The molecule has 0 saturated carbocycles. The van der Waals surface area contributed by atoms with Crippen LogP contribution >= 0.6 is 0 Å². The summed E-state index contributed by atoms with van der Waals surface area (Å²) in [5, 5.41) is 0. The number of hydrogen-bond donors (Lipinski definition) is 1. The summed E-state index contributed by atoms with van der Waals surface area (Å²) in [5.41, 5.74) is 5.55. The Hall–Kier alpha value is -1.10. The molecule has 1 heterocycles. The zero-order valence-corrected chi connectivity index (χ0v) is 6.32. The van der Waals surface area contributed by atoms with Gasteiger partial charge in [0.25, 0.3) is 0 Å². The van der Waals surface area contributed by atoms with Crippen LogP contribution in [0.3, 0.4) is 0 Å². The Kier molecular flexibility index (Phi) is 3.04. The summed E-state index contributed by atoms with van der Waals surface area (Å²) in [4.78, 5) is 7.27. The number of alkyl halides is 2. The first-order chi connectivity index (χ1) is 5.75. The van der Waals surface area contributed by atoms with E-state index in [-0.39, 0.29) is 6.54 Å². The number of aromatic nitrogens is 2. The van der Waals surface area contributed by atoms with Gasteiger partial charge in [-0.1, -0.05) is 0 Å². The molecule has 1 rings (SSSR count). The lowest BCUT2D eigenvalue weighted by Gasteiger charge is -2.11. The molecule has 12 heavy (non-hydrogen) atoms. The van der Waals surface area contributed by atoms with Crippen molar-refractivity contribution in [3.8, 4) is 0 Å². The normalized spacial score (nSPS) is 13.3. The lowest BCUT2D eigenvalue weighted by Crippen LogP contribution is -2.19. The number of nitrogens with zero attached hydrogens (tertiary/aromatic N) is 2. The van der Waals surface area contributed by atoms with Crippen LogP contribution in [0.15, 0.2) is 18.7 Å². The third-order valence-electron chi connectivity index (χ3n) is 1.57. The third kappa shape index (κ3) is 1.94. The predicted molar refractivity (Wildman–Crippen MR) is 39.8 cm³/mol. The highest BCUT2D eigenvalue weighted by molar-refractivity contribution is 5.11. The Morgan fingerprint density at radius 1 is 1.33 bits per heavy atom. The SMILES string of the molecule is NCC(c1cncnc1)C(F)F. The second-order valence-electron chi connectivity index (χ2n) is 2.35. The van der Waals surface area contributed by atoms with Crippen molar-refractivity contribution < 1.29 is 8.78 Å². The van der Waals surface area contributed by atoms with Gasteiger partial charge in [0.1, 0.15) is 6.33 Å². The van der Waals surface area contributed by atoms with Gasteiger partial charge in [0, 0.05) is 18.9 Å². The minimum atomic E-state index is -2.46. The standard InChI is InChI=1S/C7H9F2N3/c8-7(9)6(1-10)5-2-11-4-12-3-5/h2-4,6-7H,1,10H2. The molecule has 0 saturated heterocycles. The van der Waals surface area contributed by atoms with Crippen molar-refractivity contribution in [2.24, 2.45) is 5.73 Å². The molecule has 1 atom stereocenters. The maximum Gasteiger partial charge on any atom is 0.246 e. The maximum absolute atomic E-state index is 12.2. The van der Waals surface area contributed by atoms with Crippen LogP contribution in [0, 0.1) is 0 Å². The Morgan fingerprint density at radius 2 is 1.92 bits per heavy atom. The number of rotatable bonds is 3. The molecule has 1 aromatic rings. The van der Waals surface area contributed by atoms with Crippen molar-refractivity contribution in [3.05, 3.63) is 24.3 Å². The van der Waals surface area contributed by atoms with Crippen molar-refractivity contribution in [1.29, 1.82) is 0 Å². The fourth-order valence-corrected chi connectivity index (χ4v) is 0.887. The van der Waals surface area contributed by atoms with Gasteiger partial charge in [0.2, 0.25) is 6.43 Å². The highest BCUT2D eigenvalue weighted by Crippen LogP contribution is 2.19. The second kappa shape index (κ2) is 4.06. The van der Waals surface area contributed by atoms with Gasteiger partial charge >= 0.3 is 0 Å². The highest BCUT2D eigenvalue weighted by Gasteiger charge is 2.20. The monoisotopic (exact) mass is 173 g/mol. The second-order valence-corrected chi connectivity index (χ2v) is 2.35. The van der Waals surface area contributed by atoms with E-state index in [0.717, 1.165) is 0 Å². The Morgan fingerprint density at radius 3 is 2.33 bits per heavy atom. The molecule has 0 amide bonds. The van der Waals surface area contributed by atoms with Crippen LogP contribution in [0.4, 0.5) is 8.78 Å². The summed E-state index contributed by atoms with van der Waals surface area (Å²) in [6.45, 7) is -0.0922. The predicted octanol–water partition coefficient (Wildman–Crippen LogP) is 0.784. The summed E-state index contributed by atoms with van der Waals surface area (Å²) in [6.07, 6.45) is 1.55. The fourth-order valence-electron chi connectivity index (χ4n) is 0.887. The molecular weight excluding hydrogens is 164 g/mol. The molecule has 1 aromatic heterocycles. The van der Waals surface area contributed by atoms with Crippen LogP contribution in [0.1, 0.15) is 11.5 Å². The third-order valence-corrected chi connectivity index (χ3v) is 1.57. The van der Waals surface area contributed by atoms with Gasteiger partial charge < -0.3 is 5.73 Å². The lowest BCUT2D eigenvalue weighted by atomic mass is 10.0. The summed E-state index contributed by atoms with van der Waals surface area (Å²) in [5.74, 6) is -0.953. The van der Waals surface area contributed by atoms with E-state index in [1.54, 1.807) is 0 Å². The minimum Gasteiger partial charge on any atom is -0.330 e. The van der Waals surface area contributed by atoms with Crippen molar-refractivity contribution in [1.82, 2.24) is 9.97 Å². The number of halogens is 2. The average Bonchev–Trinajstić information content (AvgIpc) is 2.07. The van der Waals surface area contributed by atoms with Gasteiger partial charge in [-0.3, -0.25) is 0 Å². The van der Waals surface area contributed by atoms with Gasteiger partial charge in [-0.2, -0.15) is 0 Å². The highest BCUT2D eigenvalue weighted by atomic mass is 19.3. The maximum atomic E-state index is 12.2. The zero-order valence-electron chi connectivity index (χ0n) is 6.32. The largest absolute Gasteiger partial charge is 0.330 e. The van der Waals surface area contributed by atoms with E-state index < -0.39 is 12.3 Å². The molecule has 1 unspecified atom stereocenters. The quantitative estimate of drug-likeness (QED) is 0.735. The lowest BCUT2D eigenvalue weighted by molar-refractivity contribution is 0.117. The van der Waals surface area contributed by atoms with Gasteiger partial charge in [-0.05, 0) is 5.56 Å². The van der Waals surface area contributed by atoms with E-state index in [2.05, 4.69) is 9.97 Å². The molecule has 0 aliphatic rings. The van der Waals surface area contributed by atoms with Crippen molar-refractivity contribution in [2.75, 3.05) is 6.54 Å². The Balaban J connectivity index is 2.80. The molecule has 2 N–H and O–H groups in total. The molecule has 0 aliphatic carbocycles. The molecule has 0 bridgehead atoms. The van der Waals surface area contributed by atoms with Gasteiger partial charge in [0.15, 0.2) is 0 Å². The molecule has 5 heteroatoms. The summed E-state index contributed by atoms with van der Waals surface area (Å²) in [7, 11) is 0. The fraction of sp³-hybridized carbons (Fsp3) is 0.429. The smallest absolute Gasteiger partial charge is 0.246 e. The molecule has 0 aliphatic heterocycles. The van der Waals surface area contributed by atoms with E-state index >= 15 is 0 Å². The summed E-state index contributed by atoms with van der Waals surface area (Å²) < 4.78 is 24.5. The molecule has 0 radical (unpaired) electrons. The summed E-state index contributed by atoms with van der Waals surface area (Å²) >= 11 is 0. The van der Waals surface area contributed by atoms with Crippen LogP contribution in [0.2, 0.25) is 0 Å². The first-order valence-electron chi connectivity index (χ1n) is 3.49.